The maximum atomic E-state index is 10.4. The lowest BCUT2D eigenvalue weighted by atomic mass is 10.1. The number of nitrogens with zero attached hydrogens (tertiary/aromatic N) is 3. The van der Waals surface area contributed by atoms with Crippen molar-refractivity contribution in [1.29, 1.82) is 0 Å². The van der Waals surface area contributed by atoms with Crippen molar-refractivity contribution in [2.45, 2.75) is 6.10 Å². The van der Waals surface area contributed by atoms with Crippen LogP contribution in [-0.4, -0.2) is 29.4 Å². The van der Waals surface area contributed by atoms with Crippen LogP contribution in [0.2, 0.25) is 0 Å². The van der Waals surface area contributed by atoms with Crippen LogP contribution >= 0.6 is 11.3 Å². The van der Waals surface area contributed by atoms with Gasteiger partial charge in [-0.3, -0.25) is 0 Å². The second kappa shape index (κ2) is 6.76. The number of para-hydroxylation sites is 1. The molecule has 0 aliphatic heterocycles. The third-order valence-electron chi connectivity index (χ3n) is 3.22. The molecule has 1 aromatic heterocycles. The van der Waals surface area contributed by atoms with Crippen LogP contribution in [0.5, 0.6) is 11.5 Å². The number of hydrogen-bond donors (Lipinski definition) is 1. The Bertz CT molecular complexity index is 757. The Morgan fingerprint density at radius 2 is 1.61 bits per heavy atom. The molecule has 1 N–H and O–H groups in total. The molecule has 3 aromatic rings. The molecule has 0 fully saturated rings. The van der Waals surface area contributed by atoms with Crippen molar-refractivity contribution >= 4 is 16.5 Å². The van der Waals surface area contributed by atoms with Crippen LogP contribution < -0.4 is 9.64 Å². The fourth-order valence-electron chi connectivity index (χ4n) is 2.00. The van der Waals surface area contributed by atoms with Gasteiger partial charge in [-0.05, 0) is 29.8 Å². The molecule has 1 heterocycles. The smallest absolute Gasteiger partial charge is 0.207 e. The largest absolute Gasteiger partial charge is 0.457 e. The Hall–Kier alpha value is -2.44. The first-order valence-electron chi connectivity index (χ1n) is 7.15. The van der Waals surface area contributed by atoms with E-state index >= 15 is 0 Å². The molecule has 1 unspecified atom stereocenters. The maximum absolute atomic E-state index is 10.4. The normalized spacial score (nSPS) is 12.0. The van der Waals surface area contributed by atoms with E-state index in [1.807, 2.05) is 73.6 Å². The zero-order valence-corrected chi connectivity index (χ0v) is 13.7. The van der Waals surface area contributed by atoms with Gasteiger partial charge in [0.15, 0.2) is 5.01 Å². The van der Waals surface area contributed by atoms with Gasteiger partial charge in [0.25, 0.3) is 0 Å². The van der Waals surface area contributed by atoms with Gasteiger partial charge in [-0.2, -0.15) is 0 Å². The number of aromatic nitrogens is 2. The van der Waals surface area contributed by atoms with Gasteiger partial charge in [0.05, 0.1) is 0 Å². The van der Waals surface area contributed by atoms with Crippen LogP contribution in [-0.2, 0) is 0 Å². The van der Waals surface area contributed by atoms with Crippen LogP contribution in [0.3, 0.4) is 0 Å². The second-order valence-electron chi connectivity index (χ2n) is 5.20. The molecule has 0 saturated carbocycles. The minimum atomic E-state index is -0.785. The van der Waals surface area contributed by atoms with Crippen molar-refractivity contribution in [3.63, 3.8) is 0 Å². The van der Waals surface area contributed by atoms with Crippen molar-refractivity contribution in [1.82, 2.24) is 10.2 Å². The van der Waals surface area contributed by atoms with E-state index in [0.717, 1.165) is 22.2 Å². The number of ether oxygens (including phenoxy) is 1. The minimum Gasteiger partial charge on any atom is -0.457 e. The molecule has 3 rings (SSSR count). The van der Waals surface area contributed by atoms with Gasteiger partial charge in [0.1, 0.15) is 17.6 Å². The van der Waals surface area contributed by atoms with Crippen molar-refractivity contribution in [3.8, 4) is 11.5 Å². The molecular formula is C17H17N3O2S. The predicted molar refractivity (Wildman–Crippen MR) is 91.3 cm³/mol. The molecule has 0 spiro atoms. The van der Waals surface area contributed by atoms with Gasteiger partial charge in [-0.1, -0.05) is 41.7 Å². The molecule has 0 amide bonds. The summed E-state index contributed by atoms with van der Waals surface area (Å²) in [4.78, 5) is 1.87. The highest BCUT2D eigenvalue weighted by atomic mass is 32.1. The molecule has 5 nitrogen and oxygen atoms in total. The summed E-state index contributed by atoms with van der Waals surface area (Å²) >= 11 is 1.37. The predicted octanol–water partition coefficient (Wildman–Crippen LogP) is 3.48. The average Bonchev–Trinajstić information content (AvgIpc) is 3.06. The van der Waals surface area contributed by atoms with Crippen LogP contribution in [0.25, 0.3) is 0 Å². The SMILES string of the molecule is CN(C)c1nnc(C(O)c2ccc(Oc3ccccc3)cc2)s1. The fourth-order valence-corrected chi connectivity index (χ4v) is 2.78. The van der Waals surface area contributed by atoms with E-state index in [9.17, 15) is 5.11 Å². The van der Waals surface area contributed by atoms with Crippen molar-refractivity contribution < 1.29 is 9.84 Å². The Morgan fingerprint density at radius 3 is 2.22 bits per heavy atom. The van der Waals surface area contributed by atoms with Crippen molar-refractivity contribution in [2.75, 3.05) is 19.0 Å². The topological polar surface area (TPSA) is 58.5 Å². The average molecular weight is 327 g/mol. The van der Waals surface area contributed by atoms with Crippen molar-refractivity contribution in [2.24, 2.45) is 0 Å². The summed E-state index contributed by atoms with van der Waals surface area (Å²) in [6.07, 6.45) is -0.785. The second-order valence-corrected chi connectivity index (χ2v) is 6.19. The first-order chi connectivity index (χ1) is 11.1. The molecule has 23 heavy (non-hydrogen) atoms. The first kappa shape index (κ1) is 15.5. The molecular weight excluding hydrogens is 310 g/mol. The standard InChI is InChI=1S/C17H17N3O2S/c1-20(2)17-19-18-16(23-17)15(21)12-8-10-14(11-9-12)22-13-6-4-3-5-7-13/h3-11,15,21H,1-2H3. The summed E-state index contributed by atoms with van der Waals surface area (Å²) in [6, 6.07) is 16.9. The monoisotopic (exact) mass is 327 g/mol. The number of anilines is 1. The molecule has 0 radical (unpaired) electrons. The highest BCUT2D eigenvalue weighted by molar-refractivity contribution is 7.15. The molecule has 2 aromatic carbocycles. The Balaban J connectivity index is 1.73. The number of benzene rings is 2. The molecule has 0 saturated heterocycles. The molecule has 0 aliphatic carbocycles. The third kappa shape index (κ3) is 3.67. The van der Waals surface area contributed by atoms with Gasteiger partial charge in [0.2, 0.25) is 5.13 Å². The maximum Gasteiger partial charge on any atom is 0.207 e. The zero-order valence-electron chi connectivity index (χ0n) is 12.9. The van der Waals surface area contributed by atoms with Gasteiger partial charge in [-0.15, -0.1) is 10.2 Å². The van der Waals surface area contributed by atoms with E-state index < -0.39 is 6.10 Å². The van der Waals surface area contributed by atoms with Crippen LogP contribution in [0.4, 0.5) is 5.13 Å². The number of hydrogen-bond acceptors (Lipinski definition) is 6. The Kier molecular flexibility index (Phi) is 4.55. The molecule has 1 atom stereocenters. The van der Waals surface area contributed by atoms with Gasteiger partial charge in [0, 0.05) is 14.1 Å². The van der Waals surface area contributed by atoms with Crippen molar-refractivity contribution in [3.05, 3.63) is 65.2 Å². The summed E-state index contributed by atoms with van der Waals surface area (Å²) in [5, 5.41) is 19.9. The molecule has 6 heteroatoms. The lowest BCUT2D eigenvalue weighted by Gasteiger charge is -2.09. The van der Waals surface area contributed by atoms with E-state index in [-0.39, 0.29) is 0 Å². The van der Waals surface area contributed by atoms with Crippen LogP contribution in [0.15, 0.2) is 54.6 Å². The quantitative estimate of drug-likeness (QED) is 0.777. The summed E-state index contributed by atoms with van der Waals surface area (Å²) in [5.74, 6) is 1.50. The fraction of sp³-hybridized carbons (Fsp3) is 0.176. The number of aliphatic hydroxyl groups excluding tert-OH is 1. The minimum absolute atomic E-state index is 0.574. The van der Waals surface area contributed by atoms with E-state index in [0.29, 0.717) is 5.01 Å². The summed E-state index contributed by atoms with van der Waals surface area (Å²) in [7, 11) is 3.79. The van der Waals surface area contributed by atoms with Gasteiger partial charge < -0.3 is 14.7 Å². The molecule has 0 bridgehead atoms. The van der Waals surface area contributed by atoms with E-state index in [1.165, 1.54) is 11.3 Å². The van der Waals surface area contributed by atoms with E-state index in [4.69, 9.17) is 4.74 Å². The molecule has 118 valence electrons. The number of aliphatic hydroxyl groups is 1. The van der Waals surface area contributed by atoms with Crippen LogP contribution in [0.1, 0.15) is 16.7 Å². The zero-order chi connectivity index (χ0) is 16.2. The number of rotatable bonds is 5. The molecule has 0 aliphatic rings. The van der Waals surface area contributed by atoms with Gasteiger partial charge >= 0.3 is 0 Å². The Labute approximate surface area is 138 Å². The van der Waals surface area contributed by atoms with Crippen LogP contribution in [0, 0.1) is 0 Å². The van der Waals surface area contributed by atoms with E-state index in [2.05, 4.69) is 10.2 Å². The summed E-state index contributed by atoms with van der Waals surface area (Å²) < 4.78 is 5.74. The highest BCUT2D eigenvalue weighted by Crippen LogP contribution is 2.29. The van der Waals surface area contributed by atoms with E-state index in [1.54, 1.807) is 0 Å². The summed E-state index contributed by atoms with van der Waals surface area (Å²) in [5.41, 5.74) is 0.756. The third-order valence-corrected chi connectivity index (χ3v) is 4.36. The first-order valence-corrected chi connectivity index (χ1v) is 7.97. The summed E-state index contributed by atoms with van der Waals surface area (Å²) in [6.45, 7) is 0. The Morgan fingerprint density at radius 1 is 0.957 bits per heavy atom. The lowest BCUT2D eigenvalue weighted by molar-refractivity contribution is 0.219. The highest BCUT2D eigenvalue weighted by Gasteiger charge is 2.16. The lowest BCUT2D eigenvalue weighted by Crippen LogP contribution is -2.07. The van der Waals surface area contributed by atoms with Gasteiger partial charge in [-0.25, -0.2) is 0 Å².